The maximum atomic E-state index is 6.83. The monoisotopic (exact) mass is 540 g/mol. The molecule has 0 spiro atoms. The Morgan fingerprint density at radius 3 is 1.67 bits per heavy atom. The summed E-state index contributed by atoms with van der Waals surface area (Å²) in [6.45, 7) is 6.47. The van der Waals surface area contributed by atoms with Crippen LogP contribution in [0.3, 0.4) is 0 Å². The van der Waals surface area contributed by atoms with E-state index in [1.807, 2.05) is 0 Å². The summed E-state index contributed by atoms with van der Waals surface area (Å²) in [7, 11) is 0. The van der Waals surface area contributed by atoms with E-state index in [4.69, 9.17) is 9.47 Å². The highest BCUT2D eigenvalue weighted by Gasteiger charge is 2.41. The first kappa shape index (κ1) is 24.8. The lowest BCUT2D eigenvalue weighted by atomic mass is 9.34. The molecule has 0 fully saturated rings. The largest absolute Gasteiger partial charge is 0.458 e. The highest BCUT2D eigenvalue weighted by atomic mass is 16.5. The van der Waals surface area contributed by atoms with E-state index in [0.29, 0.717) is 0 Å². The third-order valence-electron chi connectivity index (χ3n) is 8.87. The Bertz CT molecular complexity index is 2040. The van der Waals surface area contributed by atoms with E-state index < -0.39 is 0 Å². The number of aryl methyl sites for hydroxylation is 3. The van der Waals surface area contributed by atoms with Gasteiger partial charge in [-0.15, -0.1) is 0 Å². The van der Waals surface area contributed by atoms with E-state index in [9.17, 15) is 0 Å². The number of hydrogen-bond donors (Lipinski definition) is 0. The van der Waals surface area contributed by atoms with Crippen LogP contribution in [-0.4, -0.2) is 6.71 Å². The molecule has 0 aliphatic carbocycles. The van der Waals surface area contributed by atoms with Crippen molar-refractivity contribution < 1.29 is 9.47 Å². The smallest absolute Gasteiger partial charge is 0.260 e. The second kappa shape index (κ2) is 9.53. The van der Waals surface area contributed by atoms with E-state index in [2.05, 4.69) is 142 Å². The van der Waals surface area contributed by atoms with Crippen molar-refractivity contribution in [2.75, 3.05) is 0 Å². The molecule has 42 heavy (non-hydrogen) atoms. The standard InChI is InChI=1S/C39H29BO2/c1-24-10-4-7-13-29(24)27-17-20-35-34(22-27)40-33-19-16-28(30-14-8-5-11-25(30)2)23-37(33)41-36-21-18-32(39(42-35)38(36)40)31-15-9-6-12-26(31)3/h4-23H,1-3H3. The molecule has 0 radical (unpaired) electrons. The molecule has 0 bridgehead atoms. The summed E-state index contributed by atoms with van der Waals surface area (Å²) in [5.41, 5.74) is 14.2. The van der Waals surface area contributed by atoms with Gasteiger partial charge in [0.25, 0.3) is 6.71 Å². The average molecular weight is 540 g/mol. The van der Waals surface area contributed by atoms with Gasteiger partial charge in [0.05, 0.1) is 0 Å². The zero-order valence-electron chi connectivity index (χ0n) is 23.9. The van der Waals surface area contributed by atoms with Gasteiger partial charge >= 0.3 is 0 Å². The topological polar surface area (TPSA) is 18.5 Å². The first-order valence-electron chi connectivity index (χ1n) is 14.6. The van der Waals surface area contributed by atoms with Gasteiger partial charge in [-0.3, -0.25) is 0 Å². The summed E-state index contributed by atoms with van der Waals surface area (Å²) >= 11 is 0. The lowest BCUT2D eigenvalue weighted by Gasteiger charge is -2.34. The number of ether oxygens (including phenoxy) is 2. The van der Waals surface area contributed by atoms with Crippen molar-refractivity contribution in [1.29, 1.82) is 0 Å². The zero-order valence-corrected chi connectivity index (χ0v) is 23.9. The van der Waals surface area contributed by atoms with Gasteiger partial charge in [0.15, 0.2) is 0 Å². The molecule has 6 aromatic rings. The first-order valence-corrected chi connectivity index (χ1v) is 14.6. The van der Waals surface area contributed by atoms with Crippen LogP contribution in [0.15, 0.2) is 121 Å². The highest BCUT2D eigenvalue weighted by molar-refractivity contribution is 6.98. The highest BCUT2D eigenvalue weighted by Crippen LogP contribution is 2.42. The summed E-state index contributed by atoms with van der Waals surface area (Å²) in [6.07, 6.45) is 0. The van der Waals surface area contributed by atoms with Crippen molar-refractivity contribution in [2.24, 2.45) is 0 Å². The van der Waals surface area contributed by atoms with Gasteiger partial charge in [-0.2, -0.15) is 0 Å². The summed E-state index contributed by atoms with van der Waals surface area (Å²) in [5, 5.41) is 0. The average Bonchev–Trinajstić information content (AvgIpc) is 3.01. The molecule has 0 N–H and O–H groups in total. The van der Waals surface area contributed by atoms with Crippen LogP contribution in [0.2, 0.25) is 0 Å². The van der Waals surface area contributed by atoms with Crippen molar-refractivity contribution in [2.45, 2.75) is 20.8 Å². The van der Waals surface area contributed by atoms with E-state index in [-0.39, 0.29) is 6.71 Å². The van der Waals surface area contributed by atoms with Gasteiger partial charge in [-0.25, -0.2) is 0 Å². The third-order valence-corrected chi connectivity index (χ3v) is 8.87. The summed E-state index contributed by atoms with van der Waals surface area (Å²) in [4.78, 5) is 0. The molecule has 2 aliphatic heterocycles. The van der Waals surface area contributed by atoms with Crippen LogP contribution < -0.4 is 25.9 Å². The van der Waals surface area contributed by atoms with Crippen molar-refractivity contribution in [3.63, 3.8) is 0 Å². The predicted molar refractivity (Wildman–Crippen MR) is 175 cm³/mol. The van der Waals surface area contributed by atoms with Crippen molar-refractivity contribution in [3.05, 3.63) is 138 Å². The van der Waals surface area contributed by atoms with Gasteiger partial charge in [0.2, 0.25) is 0 Å². The molecule has 2 heterocycles. The molecular weight excluding hydrogens is 511 g/mol. The molecule has 0 amide bonds. The van der Waals surface area contributed by atoms with Gasteiger partial charge in [-0.1, -0.05) is 97.1 Å². The zero-order chi connectivity index (χ0) is 28.4. The lowest BCUT2D eigenvalue weighted by Crippen LogP contribution is -2.57. The molecule has 6 aromatic carbocycles. The lowest BCUT2D eigenvalue weighted by molar-refractivity contribution is 0.466. The van der Waals surface area contributed by atoms with Crippen LogP contribution in [0, 0.1) is 20.8 Å². The van der Waals surface area contributed by atoms with Crippen molar-refractivity contribution in [3.8, 4) is 56.4 Å². The Morgan fingerprint density at radius 2 is 1.00 bits per heavy atom. The summed E-state index contributed by atoms with van der Waals surface area (Å²) in [6, 6.07) is 43.2. The fourth-order valence-corrected chi connectivity index (χ4v) is 6.70. The normalized spacial score (nSPS) is 12.5. The Labute approximate surface area is 247 Å². The fourth-order valence-electron chi connectivity index (χ4n) is 6.70. The predicted octanol–water partition coefficient (Wildman–Crippen LogP) is 8.34. The van der Waals surface area contributed by atoms with Crippen LogP contribution >= 0.6 is 0 Å². The second-order valence-corrected chi connectivity index (χ2v) is 11.4. The Morgan fingerprint density at radius 1 is 0.429 bits per heavy atom. The molecular formula is C39H29BO2. The Kier molecular flexibility index (Phi) is 5.62. The van der Waals surface area contributed by atoms with E-state index in [1.165, 1.54) is 44.4 Å². The molecule has 3 heteroatoms. The molecule has 0 saturated heterocycles. The summed E-state index contributed by atoms with van der Waals surface area (Å²) < 4.78 is 13.5. The van der Waals surface area contributed by atoms with Crippen LogP contribution in [-0.2, 0) is 0 Å². The van der Waals surface area contributed by atoms with E-state index >= 15 is 0 Å². The van der Waals surface area contributed by atoms with Crippen LogP contribution in [0.1, 0.15) is 16.7 Å². The van der Waals surface area contributed by atoms with E-state index in [1.54, 1.807) is 0 Å². The van der Waals surface area contributed by atoms with Gasteiger partial charge < -0.3 is 9.47 Å². The fraction of sp³-hybridized carbons (Fsp3) is 0.0769. The quantitative estimate of drug-likeness (QED) is 0.210. The molecule has 0 atom stereocenters. The van der Waals surface area contributed by atoms with Crippen molar-refractivity contribution in [1.82, 2.24) is 0 Å². The summed E-state index contributed by atoms with van der Waals surface area (Å²) in [5.74, 6) is 3.54. The van der Waals surface area contributed by atoms with Crippen LogP contribution in [0.4, 0.5) is 0 Å². The maximum Gasteiger partial charge on any atom is 0.260 e. The molecule has 2 aliphatic rings. The number of rotatable bonds is 3. The third kappa shape index (κ3) is 3.81. The molecule has 200 valence electrons. The number of hydrogen-bond acceptors (Lipinski definition) is 2. The Hall–Kier alpha value is -5.02. The molecule has 2 nitrogen and oxygen atoms in total. The van der Waals surface area contributed by atoms with Crippen LogP contribution in [0.25, 0.3) is 33.4 Å². The number of benzene rings is 6. The number of fused-ring (bicyclic) bond motifs is 4. The van der Waals surface area contributed by atoms with Gasteiger partial charge in [-0.05, 0) is 100 Å². The van der Waals surface area contributed by atoms with Crippen LogP contribution in [0.5, 0.6) is 23.0 Å². The van der Waals surface area contributed by atoms with E-state index in [0.717, 1.165) is 45.1 Å². The Balaban J connectivity index is 1.37. The minimum absolute atomic E-state index is 0.0126. The minimum atomic E-state index is -0.0126. The second-order valence-electron chi connectivity index (χ2n) is 11.4. The maximum absolute atomic E-state index is 6.83. The molecule has 8 rings (SSSR count). The molecule has 0 aromatic heterocycles. The molecule has 0 saturated carbocycles. The first-order chi connectivity index (χ1) is 20.6. The SMILES string of the molecule is Cc1ccccc1-c1ccc2c(c1)Oc1ccc(-c3ccccc3C)c3c1B2c1cc(-c2ccccc2C)ccc1O3. The van der Waals surface area contributed by atoms with Crippen molar-refractivity contribution >= 4 is 23.1 Å². The van der Waals surface area contributed by atoms with Gasteiger partial charge in [0, 0.05) is 11.0 Å². The van der Waals surface area contributed by atoms with Gasteiger partial charge in [0.1, 0.15) is 23.0 Å². The minimum Gasteiger partial charge on any atom is -0.458 e. The molecule has 0 unspecified atom stereocenters.